The average Bonchev–Trinajstić information content (AvgIpc) is 2.02. The van der Waals surface area contributed by atoms with Crippen molar-refractivity contribution in [2.75, 3.05) is 5.73 Å². The van der Waals surface area contributed by atoms with Gasteiger partial charge in [0.25, 0.3) is 0 Å². The van der Waals surface area contributed by atoms with Gasteiger partial charge in [-0.15, -0.1) is 0 Å². The van der Waals surface area contributed by atoms with Crippen LogP contribution in [-0.4, -0.2) is 6.18 Å². The Morgan fingerprint density at radius 2 is 1.64 bits per heavy atom. The molecular weight excluding hydrogens is 193 g/mol. The van der Waals surface area contributed by atoms with Crippen LogP contribution in [0.25, 0.3) is 0 Å². The molecule has 14 heavy (non-hydrogen) atoms. The van der Waals surface area contributed by atoms with Crippen LogP contribution in [0.3, 0.4) is 0 Å². The summed E-state index contributed by atoms with van der Waals surface area (Å²) in [4.78, 5) is 0. The molecule has 0 radical (unpaired) electrons. The van der Waals surface area contributed by atoms with E-state index in [0.29, 0.717) is 11.3 Å². The van der Waals surface area contributed by atoms with Crippen molar-refractivity contribution in [2.24, 2.45) is 5.73 Å². The SMILES string of the molecule is Nc1ccc([C@@H](N)CC(F)(F)F)cc1. The molecule has 0 aliphatic carbocycles. The molecule has 1 aromatic carbocycles. The summed E-state index contributed by atoms with van der Waals surface area (Å²) in [6.45, 7) is 0. The van der Waals surface area contributed by atoms with Crippen LogP contribution in [0.1, 0.15) is 18.0 Å². The molecule has 0 heterocycles. The molecular formula is C9H11F3N2. The summed E-state index contributed by atoms with van der Waals surface area (Å²) in [5.74, 6) is 0. The number of nitrogens with two attached hydrogens (primary N) is 2. The molecule has 0 amide bonds. The lowest BCUT2D eigenvalue weighted by Crippen LogP contribution is -2.20. The largest absolute Gasteiger partial charge is 0.399 e. The van der Waals surface area contributed by atoms with Gasteiger partial charge in [0.2, 0.25) is 0 Å². The molecule has 0 spiro atoms. The third-order valence-corrected chi connectivity index (χ3v) is 1.82. The van der Waals surface area contributed by atoms with Crippen molar-refractivity contribution < 1.29 is 13.2 Å². The predicted molar refractivity (Wildman–Crippen MR) is 48.5 cm³/mol. The number of alkyl halides is 3. The van der Waals surface area contributed by atoms with Crippen molar-refractivity contribution in [1.82, 2.24) is 0 Å². The minimum absolute atomic E-state index is 0.441. The van der Waals surface area contributed by atoms with Gasteiger partial charge in [0.1, 0.15) is 0 Å². The first-order valence-corrected chi connectivity index (χ1v) is 4.06. The van der Waals surface area contributed by atoms with Gasteiger partial charge in [0.05, 0.1) is 6.42 Å². The third-order valence-electron chi connectivity index (χ3n) is 1.82. The maximum absolute atomic E-state index is 12.0. The van der Waals surface area contributed by atoms with E-state index in [4.69, 9.17) is 11.5 Å². The zero-order valence-electron chi connectivity index (χ0n) is 7.38. The fourth-order valence-corrected chi connectivity index (χ4v) is 1.11. The predicted octanol–water partition coefficient (Wildman–Crippen LogP) is 2.22. The van der Waals surface area contributed by atoms with Gasteiger partial charge >= 0.3 is 6.18 Å². The number of anilines is 1. The van der Waals surface area contributed by atoms with E-state index >= 15 is 0 Å². The average molecular weight is 204 g/mol. The summed E-state index contributed by atoms with van der Waals surface area (Å²) in [5.41, 5.74) is 11.7. The first kappa shape index (κ1) is 10.8. The summed E-state index contributed by atoms with van der Waals surface area (Å²) >= 11 is 0. The Balaban J connectivity index is 2.70. The number of hydrogen-bond acceptors (Lipinski definition) is 2. The zero-order valence-corrected chi connectivity index (χ0v) is 7.38. The van der Waals surface area contributed by atoms with E-state index in [2.05, 4.69) is 0 Å². The summed E-state index contributed by atoms with van der Waals surface area (Å²) in [6.07, 6.45) is -5.25. The fourth-order valence-electron chi connectivity index (χ4n) is 1.11. The van der Waals surface area contributed by atoms with Crippen LogP contribution >= 0.6 is 0 Å². The van der Waals surface area contributed by atoms with Crippen LogP contribution in [0.15, 0.2) is 24.3 Å². The van der Waals surface area contributed by atoms with Crippen molar-refractivity contribution in [3.8, 4) is 0 Å². The van der Waals surface area contributed by atoms with Crippen molar-refractivity contribution >= 4 is 5.69 Å². The number of nitrogen functional groups attached to an aromatic ring is 1. The highest BCUT2D eigenvalue weighted by atomic mass is 19.4. The van der Waals surface area contributed by atoms with Crippen LogP contribution < -0.4 is 11.5 Å². The Hall–Kier alpha value is -1.23. The van der Waals surface area contributed by atoms with Crippen LogP contribution in [-0.2, 0) is 0 Å². The van der Waals surface area contributed by atoms with E-state index in [1.165, 1.54) is 24.3 Å². The summed E-state index contributed by atoms with van der Waals surface area (Å²) in [5, 5.41) is 0. The number of hydrogen-bond donors (Lipinski definition) is 2. The minimum atomic E-state index is -4.24. The highest BCUT2D eigenvalue weighted by Gasteiger charge is 2.30. The molecule has 1 atom stereocenters. The molecule has 0 saturated heterocycles. The maximum atomic E-state index is 12.0. The summed E-state index contributed by atoms with van der Waals surface area (Å²) < 4.78 is 35.9. The highest BCUT2D eigenvalue weighted by molar-refractivity contribution is 5.40. The number of benzene rings is 1. The third kappa shape index (κ3) is 3.26. The van der Waals surface area contributed by atoms with Gasteiger partial charge < -0.3 is 11.5 Å². The van der Waals surface area contributed by atoms with Crippen LogP contribution in [0, 0.1) is 0 Å². The van der Waals surface area contributed by atoms with E-state index < -0.39 is 18.6 Å². The van der Waals surface area contributed by atoms with E-state index in [1.807, 2.05) is 0 Å². The zero-order chi connectivity index (χ0) is 10.8. The lowest BCUT2D eigenvalue weighted by molar-refractivity contribution is -0.138. The molecule has 1 rings (SSSR count). The van der Waals surface area contributed by atoms with Gasteiger partial charge in [-0.2, -0.15) is 13.2 Å². The molecule has 5 heteroatoms. The van der Waals surface area contributed by atoms with E-state index in [0.717, 1.165) is 0 Å². The van der Waals surface area contributed by atoms with Gasteiger partial charge in [-0.1, -0.05) is 12.1 Å². The number of rotatable bonds is 2. The van der Waals surface area contributed by atoms with Gasteiger partial charge in [0, 0.05) is 11.7 Å². The number of halogens is 3. The summed E-state index contributed by atoms with van der Waals surface area (Å²) in [7, 11) is 0. The monoisotopic (exact) mass is 204 g/mol. The Kier molecular flexibility index (Phi) is 3.00. The standard InChI is InChI=1S/C9H11F3N2/c10-9(11,12)5-8(14)6-1-3-7(13)4-2-6/h1-4,8H,5,13-14H2/t8-/m0/s1. The second-order valence-corrected chi connectivity index (χ2v) is 3.09. The maximum Gasteiger partial charge on any atom is 0.390 e. The topological polar surface area (TPSA) is 52.0 Å². The molecule has 0 bridgehead atoms. The molecule has 0 aliphatic heterocycles. The Labute approximate surface area is 79.7 Å². The normalized spacial score (nSPS) is 14.0. The summed E-state index contributed by atoms with van der Waals surface area (Å²) in [6, 6.07) is 5.06. The smallest absolute Gasteiger partial charge is 0.390 e. The second kappa shape index (κ2) is 3.88. The molecule has 78 valence electrons. The Morgan fingerprint density at radius 1 is 1.14 bits per heavy atom. The molecule has 4 N–H and O–H groups in total. The molecule has 0 fully saturated rings. The van der Waals surface area contributed by atoms with Crippen LogP contribution in [0.5, 0.6) is 0 Å². The molecule has 1 aromatic rings. The lowest BCUT2D eigenvalue weighted by atomic mass is 10.0. The first-order chi connectivity index (χ1) is 6.38. The van der Waals surface area contributed by atoms with Gasteiger partial charge in [-0.05, 0) is 17.7 Å². The lowest BCUT2D eigenvalue weighted by Gasteiger charge is -2.14. The van der Waals surface area contributed by atoms with Crippen molar-refractivity contribution in [3.63, 3.8) is 0 Å². The van der Waals surface area contributed by atoms with Crippen molar-refractivity contribution in [3.05, 3.63) is 29.8 Å². The fraction of sp³-hybridized carbons (Fsp3) is 0.333. The van der Waals surface area contributed by atoms with E-state index in [9.17, 15) is 13.2 Å². The van der Waals surface area contributed by atoms with Crippen molar-refractivity contribution in [2.45, 2.75) is 18.6 Å². The quantitative estimate of drug-likeness (QED) is 0.726. The minimum Gasteiger partial charge on any atom is -0.399 e. The van der Waals surface area contributed by atoms with Crippen LogP contribution in [0.2, 0.25) is 0 Å². The second-order valence-electron chi connectivity index (χ2n) is 3.09. The highest BCUT2D eigenvalue weighted by Crippen LogP contribution is 2.27. The Bertz CT molecular complexity index is 292. The van der Waals surface area contributed by atoms with Crippen LogP contribution in [0.4, 0.5) is 18.9 Å². The molecule has 0 aromatic heterocycles. The van der Waals surface area contributed by atoms with Gasteiger partial charge in [0.15, 0.2) is 0 Å². The van der Waals surface area contributed by atoms with Crippen molar-refractivity contribution in [1.29, 1.82) is 0 Å². The first-order valence-electron chi connectivity index (χ1n) is 4.06. The van der Waals surface area contributed by atoms with Gasteiger partial charge in [-0.25, -0.2) is 0 Å². The molecule has 2 nitrogen and oxygen atoms in total. The molecule has 0 unspecified atom stereocenters. The Morgan fingerprint density at radius 3 is 2.07 bits per heavy atom. The molecule has 0 aliphatic rings. The van der Waals surface area contributed by atoms with E-state index in [1.54, 1.807) is 0 Å². The molecule has 0 saturated carbocycles. The van der Waals surface area contributed by atoms with Gasteiger partial charge in [-0.3, -0.25) is 0 Å². The van der Waals surface area contributed by atoms with E-state index in [-0.39, 0.29) is 0 Å².